The third-order valence-corrected chi connectivity index (χ3v) is 5.31. The van der Waals surface area contributed by atoms with Crippen LogP contribution in [0.4, 0.5) is 11.4 Å². The molecule has 0 aromatic heterocycles. The Morgan fingerprint density at radius 2 is 1.35 bits per heavy atom. The summed E-state index contributed by atoms with van der Waals surface area (Å²) in [5.41, 5.74) is 1.47. The quantitative estimate of drug-likeness (QED) is 0.135. The first-order valence-corrected chi connectivity index (χ1v) is 12.5. The standard InChI is InChI=1S/C28H33N3O6/c1-21(2)20-37-25-13-9-23(10-14-25)30-29-22-7-11-24(12-8-22)35-18-5-3-4-6-28(34)36-19-17-31-26(32)15-16-27(31)33/h7-16,21H,3-6,17-20H2,1-2H3. The first-order chi connectivity index (χ1) is 17.9. The fourth-order valence-electron chi connectivity index (χ4n) is 3.31. The van der Waals surface area contributed by atoms with Crippen molar-refractivity contribution in [3.63, 3.8) is 0 Å². The molecule has 2 amide bonds. The molecule has 0 atom stereocenters. The zero-order valence-corrected chi connectivity index (χ0v) is 21.3. The Morgan fingerprint density at radius 3 is 1.92 bits per heavy atom. The van der Waals surface area contributed by atoms with Crippen LogP contribution >= 0.6 is 0 Å². The van der Waals surface area contributed by atoms with Crippen LogP contribution in [0.1, 0.15) is 39.5 Å². The molecule has 196 valence electrons. The molecule has 0 bridgehead atoms. The minimum Gasteiger partial charge on any atom is -0.494 e. The van der Waals surface area contributed by atoms with Crippen LogP contribution in [0.5, 0.6) is 11.5 Å². The number of amides is 2. The molecule has 0 saturated heterocycles. The van der Waals surface area contributed by atoms with Gasteiger partial charge in [-0.2, -0.15) is 10.2 Å². The summed E-state index contributed by atoms with van der Waals surface area (Å²) in [6.45, 7) is 5.51. The van der Waals surface area contributed by atoms with Crippen LogP contribution in [0.15, 0.2) is 70.9 Å². The van der Waals surface area contributed by atoms with E-state index in [-0.39, 0.29) is 37.4 Å². The summed E-state index contributed by atoms with van der Waals surface area (Å²) < 4.78 is 16.5. The van der Waals surface area contributed by atoms with E-state index in [0.29, 0.717) is 25.6 Å². The highest BCUT2D eigenvalue weighted by Gasteiger charge is 2.23. The fraction of sp³-hybridized carbons (Fsp3) is 0.393. The van der Waals surface area contributed by atoms with Crippen molar-refractivity contribution in [2.75, 3.05) is 26.4 Å². The molecule has 0 N–H and O–H groups in total. The lowest BCUT2D eigenvalue weighted by Crippen LogP contribution is -2.33. The number of hydrogen-bond donors (Lipinski definition) is 0. The van der Waals surface area contributed by atoms with Gasteiger partial charge in [0.25, 0.3) is 11.8 Å². The van der Waals surface area contributed by atoms with Gasteiger partial charge in [-0.25, -0.2) is 0 Å². The van der Waals surface area contributed by atoms with Crippen molar-refractivity contribution >= 4 is 29.2 Å². The molecule has 9 nitrogen and oxygen atoms in total. The summed E-state index contributed by atoms with van der Waals surface area (Å²) >= 11 is 0. The molecule has 0 saturated carbocycles. The molecular weight excluding hydrogens is 474 g/mol. The van der Waals surface area contributed by atoms with Crippen molar-refractivity contribution in [1.82, 2.24) is 4.90 Å². The van der Waals surface area contributed by atoms with Crippen molar-refractivity contribution in [3.8, 4) is 11.5 Å². The topological polar surface area (TPSA) is 107 Å². The van der Waals surface area contributed by atoms with Gasteiger partial charge in [-0.3, -0.25) is 19.3 Å². The van der Waals surface area contributed by atoms with Crippen molar-refractivity contribution in [1.29, 1.82) is 0 Å². The fourth-order valence-corrected chi connectivity index (χ4v) is 3.31. The number of unbranched alkanes of at least 4 members (excludes halogenated alkanes) is 2. The molecule has 2 aromatic carbocycles. The summed E-state index contributed by atoms with van der Waals surface area (Å²) in [5, 5.41) is 8.51. The smallest absolute Gasteiger partial charge is 0.305 e. The number of hydrogen-bond acceptors (Lipinski definition) is 8. The SMILES string of the molecule is CC(C)COc1ccc(N=Nc2ccc(OCCCCCC(=O)OCCN3C(=O)C=CC3=O)cc2)cc1. The van der Waals surface area contributed by atoms with Gasteiger partial charge in [0.05, 0.1) is 31.1 Å². The number of azo groups is 1. The molecule has 9 heteroatoms. The molecular formula is C28H33N3O6. The molecule has 2 aromatic rings. The molecule has 1 heterocycles. The maximum Gasteiger partial charge on any atom is 0.305 e. The van der Waals surface area contributed by atoms with Gasteiger partial charge in [-0.15, -0.1) is 0 Å². The molecule has 3 rings (SSSR count). The number of imide groups is 1. The molecule has 0 spiro atoms. The minimum atomic E-state index is -0.380. The van der Waals surface area contributed by atoms with Crippen molar-refractivity contribution in [2.24, 2.45) is 16.1 Å². The Morgan fingerprint density at radius 1 is 0.784 bits per heavy atom. The second-order valence-electron chi connectivity index (χ2n) is 8.93. The molecule has 0 unspecified atom stereocenters. The molecule has 0 radical (unpaired) electrons. The van der Waals surface area contributed by atoms with Crippen molar-refractivity contribution in [2.45, 2.75) is 39.5 Å². The molecule has 37 heavy (non-hydrogen) atoms. The Hall–Kier alpha value is -4.01. The highest BCUT2D eigenvalue weighted by atomic mass is 16.5. The predicted octanol–water partition coefficient (Wildman–Crippen LogP) is 5.54. The second kappa shape index (κ2) is 14.5. The lowest BCUT2D eigenvalue weighted by Gasteiger charge is -2.13. The van der Waals surface area contributed by atoms with E-state index in [1.54, 1.807) is 0 Å². The molecule has 1 aliphatic heterocycles. The zero-order chi connectivity index (χ0) is 26.5. The van der Waals surface area contributed by atoms with Crippen molar-refractivity contribution in [3.05, 3.63) is 60.7 Å². The number of carbonyl (C=O) groups excluding carboxylic acids is 3. The third-order valence-electron chi connectivity index (χ3n) is 5.31. The van der Waals surface area contributed by atoms with Crippen LogP contribution < -0.4 is 9.47 Å². The van der Waals surface area contributed by atoms with E-state index in [9.17, 15) is 14.4 Å². The Balaban J connectivity index is 1.25. The summed E-state index contributed by atoms with van der Waals surface area (Å²) in [5.74, 6) is 0.931. The van der Waals surface area contributed by atoms with E-state index < -0.39 is 0 Å². The largest absolute Gasteiger partial charge is 0.494 e. The highest BCUT2D eigenvalue weighted by Crippen LogP contribution is 2.23. The van der Waals surface area contributed by atoms with Gasteiger partial charge in [-0.1, -0.05) is 13.8 Å². The monoisotopic (exact) mass is 507 g/mol. The summed E-state index contributed by atoms with van der Waals surface area (Å²) in [4.78, 5) is 35.7. The summed E-state index contributed by atoms with van der Waals surface area (Å²) in [7, 11) is 0. The van der Waals surface area contributed by atoms with Gasteiger partial charge >= 0.3 is 5.97 Å². The van der Waals surface area contributed by atoms with E-state index in [0.717, 1.165) is 40.6 Å². The van der Waals surface area contributed by atoms with Gasteiger partial charge in [0, 0.05) is 18.6 Å². The van der Waals surface area contributed by atoms with Crippen molar-refractivity contribution < 1.29 is 28.6 Å². The average Bonchev–Trinajstić information content (AvgIpc) is 3.21. The second-order valence-corrected chi connectivity index (χ2v) is 8.93. The number of benzene rings is 2. The summed E-state index contributed by atoms with van der Waals surface area (Å²) in [6.07, 6.45) is 4.99. The van der Waals surface area contributed by atoms with E-state index in [1.807, 2.05) is 48.5 Å². The molecule has 0 fully saturated rings. The number of ether oxygens (including phenoxy) is 3. The molecule has 1 aliphatic rings. The zero-order valence-electron chi connectivity index (χ0n) is 21.3. The van der Waals surface area contributed by atoms with E-state index >= 15 is 0 Å². The van der Waals surface area contributed by atoms with Crippen LogP contribution in [0, 0.1) is 5.92 Å². The summed E-state index contributed by atoms with van der Waals surface area (Å²) in [6, 6.07) is 14.9. The minimum absolute atomic E-state index is 0.0103. The number of nitrogens with zero attached hydrogens (tertiary/aromatic N) is 3. The number of carbonyl (C=O) groups is 3. The lowest BCUT2D eigenvalue weighted by atomic mass is 10.2. The van der Waals surface area contributed by atoms with Crippen LogP contribution in [-0.4, -0.2) is 49.0 Å². The first kappa shape index (κ1) is 27.6. The Labute approximate surface area is 217 Å². The normalized spacial score (nSPS) is 13.1. The lowest BCUT2D eigenvalue weighted by molar-refractivity contribution is -0.147. The van der Waals surface area contributed by atoms with E-state index in [1.165, 1.54) is 12.2 Å². The van der Waals surface area contributed by atoms with E-state index in [2.05, 4.69) is 24.1 Å². The van der Waals surface area contributed by atoms with Gasteiger partial charge in [0.15, 0.2) is 0 Å². The number of rotatable bonds is 15. The number of esters is 1. The van der Waals surface area contributed by atoms with Crippen LogP contribution in [-0.2, 0) is 19.1 Å². The predicted molar refractivity (Wildman–Crippen MR) is 138 cm³/mol. The maximum absolute atomic E-state index is 11.8. The average molecular weight is 508 g/mol. The van der Waals surface area contributed by atoms with E-state index in [4.69, 9.17) is 14.2 Å². The first-order valence-electron chi connectivity index (χ1n) is 12.5. The van der Waals surface area contributed by atoms with Crippen LogP contribution in [0.25, 0.3) is 0 Å². The van der Waals surface area contributed by atoms with Gasteiger partial charge in [0.1, 0.15) is 18.1 Å². The van der Waals surface area contributed by atoms with Crippen LogP contribution in [0.3, 0.4) is 0 Å². The molecule has 0 aliphatic carbocycles. The maximum atomic E-state index is 11.8. The van der Waals surface area contributed by atoms with Gasteiger partial charge in [-0.05, 0) is 73.7 Å². The Kier molecular flexibility index (Phi) is 10.8. The third kappa shape index (κ3) is 9.87. The highest BCUT2D eigenvalue weighted by molar-refractivity contribution is 6.12. The van der Waals surface area contributed by atoms with Gasteiger partial charge < -0.3 is 14.2 Å². The van der Waals surface area contributed by atoms with Crippen LogP contribution in [0.2, 0.25) is 0 Å². The Bertz CT molecular complexity index is 1080. The van der Waals surface area contributed by atoms with Gasteiger partial charge in [0.2, 0.25) is 0 Å².